The molecule has 2 aliphatic heterocycles. The number of aromatic nitrogens is 10. The van der Waals surface area contributed by atoms with Gasteiger partial charge in [0.15, 0.2) is 0 Å². The normalized spacial score (nSPS) is 20.3. The molecule has 16 heteroatoms. The number of hydrogen-bond donors (Lipinski definition) is 3. The number of nitrogens with zero attached hydrogens (tertiary/aromatic N) is 11. The minimum atomic E-state index is -0.512. The van der Waals surface area contributed by atoms with Gasteiger partial charge in [0.25, 0.3) is 0 Å². The Labute approximate surface area is 409 Å². The number of amides is 1. The van der Waals surface area contributed by atoms with E-state index < -0.39 is 5.60 Å². The van der Waals surface area contributed by atoms with Crippen LogP contribution in [0.2, 0.25) is 0 Å². The molecule has 364 valence electrons. The highest BCUT2D eigenvalue weighted by Gasteiger charge is 2.29. The van der Waals surface area contributed by atoms with E-state index in [1.807, 2.05) is 76.2 Å². The predicted octanol–water partition coefficient (Wildman–Crippen LogP) is 11.3. The van der Waals surface area contributed by atoms with Crippen molar-refractivity contribution in [1.29, 1.82) is 0 Å². The number of ether oxygens (including phenoxy) is 1. The van der Waals surface area contributed by atoms with Gasteiger partial charge in [-0.25, -0.2) is 24.7 Å². The zero-order valence-electron chi connectivity index (χ0n) is 40.4. The molecule has 0 unspecified atom stereocenters. The van der Waals surface area contributed by atoms with Gasteiger partial charge in [-0.15, -0.1) is 0 Å². The van der Waals surface area contributed by atoms with Gasteiger partial charge in [-0.05, 0) is 119 Å². The summed E-state index contributed by atoms with van der Waals surface area (Å²) in [5, 5.41) is 14.5. The first-order valence-electron chi connectivity index (χ1n) is 24.9. The largest absolute Gasteiger partial charge is 0.444 e. The Bertz CT molecular complexity index is 3180. The number of rotatable bonds is 6. The van der Waals surface area contributed by atoms with Crippen molar-refractivity contribution in [3.8, 4) is 0 Å². The summed E-state index contributed by atoms with van der Waals surface area (Å²) in [5.74, 6) is 4.20. The lowest BCUT2D eigenvalue weighted by atomic mass is 9.87. The minimum Gasteiger partial charge on any atom is -0.444 e. The lowest BCUT2D eigenvalue weighted by Crippen LogP contribution is -2.40. The van der Waals surface area contributed by atoms with E-state index in [-0.39, 0.29) is 13.5 Å². The second-order valence-electron chi connectivity index (χ2n) is 20.6. The molecule has 16 nitrogen and oxygen atoms in total. The third kappa shape index (κ3) is 9.57. The van der Waals surface area contributed by atoms with E-state index in [1.54, 1.807) is 4.90 Å². The molecular weight excluding hydrogens is 877 g/mol. The fourth-order valence-electron chi connectivity index (χ4n) is 10.8. The van der Waals surface area contributed by atoms with Crippen molar-refractivity contribution >= 4 is 73.5 Å². The number of carbonyl (C=O) groups is 1. The highest BCUT2D eigenvalue weighted by Crippen LogP contribution is 2.40. The van der Waals surface area contributed by atoms with Crippen molar-refractivity contribution in [2.75, 3.05) is 23.7 Å². The van der Waals surface area contributed by atoms with Crippen LogP contribution in [0.4, 0.5) is 28.3 Å². The van der Waals surface area contributed by atoms with Crippen molar-refractivity contribution in [2.45, 2.75) is 137 Å². The first-order valence-corrected chi connectivity index (χ1v) is 24.9. The van der Waals surface area contributed by atoms with E-state index in [0.717, 1.165) is 105 Å². The molecule has 2 saturated carbocycles. The van der Waals surface area contributed by atoms with E-state index >= 15 is 0 Å². The summed E-state index contributed by atoms with van der Waals surface area (Å²) in [5.41, 5.74) is 8.13. The summed E-state index contributed by atoms with van der Waals surface area (Å²) in [6.45, 7) is 13.3. The van der Waals surface area contributed by atoms with Gasteiger partial charge in [0, 0.05) is 102 Å². The highest BCUT2D eigenvalue weighted by molar-refractivity contribution is 6.07. The standard InChI is InChI=1S/C29H35N7O2.C24H27N7.CH4/c1-18-5-8-20(9-6-18)36-24-16-30-13-11-21(24)22-15-31-27(34-26(22)36)33-25-10-7-19-17-35(14-12-23(19)32-25)28(37)38-29(2,3)4;1-15-2-5-17(6-3-15)31-21-14-26-10-8-18(21)19-13-27-24(30-23(19)31)29-22-7-4-16-12-25-11-9-20(16)28-22;/h7,10-11,13,15-16,18,20H,5-6,8-9,12,14,17H2,1-4H3,(H,31,32,33,34);4,7-8,10,13-15,17,25H,2-3,5-6,9,11-12H2,1H3,(H,27,28,29,30);1H4. The van der Waals surface area contributed by atoms with Gasteiger partial charge in [-0.3, -0.25) is 9.97 Å². The van der Waals surface area contributed by atoms with Gasteiger partial charge in [0.1, 0.15) is 28.5 Å². The lowest BCUT2D eigenvalue weighted by Gasteiger charge is -2.30. The summed E-state index contributed by atoms with van der Waals surface area (Å²) in [4.78, 5) is 51.9. The molecule has 10 heterocycles. The van der Waals surface area contributed by atoms with Crippen molar-refractivity contribution in [3.63, 3.8) is 0 Å². The molecule has 70 heavy (non-hydrogen) atoms. The van der Waals surface area contributed by atoms with Crippen molar-refractivity contribution in [1.82, 2.24) is 59.2 Å². The lowest BCUT2D eigenvalue weighted by molar-refractivity contribution is 0.0223. The zero-order valence-corrected chi connectivity index (χ0v) is 40.4. The third-order valence-electron chi connectivity index (χ3n) is 14.5. The molecule has 3 N–H and O–H groups in total. The summed E-state index contributed by atoms with van der Waals surface area (Å²) in [6.07, 6.45) is 22.4. The number of hydrogen-bond acceptors (Lipinski definition) is 13. The molecule has 0 bridgehead atoms. The third-order valence-corrected chi connectivity index (χ3v) is 14.5. The molecule has 0 aromatic carbocycles. The van der Waals surface area contributed by atoms with E-state index in [2.05, 4.69) is 77.1 Å². The SMILES string of the molecule is C.CC1CCC(n2c3cnccc3c3cnc(Nc4ccc5c(n4)CCN(C(=O)OC(C)(C)C)C5)nc32)CC1.CC1CCC(n2c3cnccc3c3cnc(Nc4ccc5c(n4)CCNC5)nc32)CC1. The topological polar surface area (TPSA) is 179 Å². The average molecular weight is 943 g/mol. The van der Waals surface area contributed by atoms with Crippen LogP contribution in [0.15, 0.2) is 73.6 Å². The van der Waals surface area contributed by atoms with Crippen LogP contribution in [-0.2, 0) is 30.7 Å². The van der Waals surface area contributed by atoms with Crippen LogP contribution in [0.3, 0.4) is 0 Å². The Morgan fingerprint density at radius 3 is 1.69 bits per heavy atom. The van der Waals surface area contributed by atoms with Crippen LogP contribution < -0.4 is 16.0 Å². The Kier molecular flexibility index (Phi) is 13.1. The van der Waals surface area contributed by atoms with E-state index in [4.69, 9.17) is 24.7 Å². The van der Waals surface area contributed by atoms with Crippen LogP contribution in [0.25, 0.3) is 43.9 Å². The molecule has 2 fully saturated rings. The number of pyridine rings is 4. The molecule has 12 rings (SSSR count). The fraction of sp³-hybridized carbons (Fsp3) is 0.463. The summed E-state index contributed by atoms with van der Waals surface area (Å²) in [6, 6.07) is 13.1. The van der Waals surface area contributed by atoms with E-state index in [0.29, 0.717) is 49.3 Å². The quantitative estimate of drug-likeness (QED) is 0.144. The highest BCUT2D eigenvalue weighted by atomic mass is 16.6. The Morgan fingerprint density at radius 2 is 1.16 bits per heavy atom. The molecule has 0 atom stereocenters. The number of carbonyl (C=O) groups excluding carboxylic acids is 1. The van der Waals surface area contributed by atoms with Crippen LogP contribution in [0, 0.1) is 11.8 Å². The van der Waals surface area contributed by atoms with Gasteiger partial charge in [-0.2, -0.15) is 9.97 Å². The molecule has 1 amide bonds. The number of nitrogens with one attached hydrogen (secondary N) is 3. The Hall–Kier alpha value is -6.81. The van der Waals surface area contributed by atoms with Gasteiger partial charge >= 0.3 is 6.09 Å². The van der Waals surface area contributed by atoms with Crippen molar-refractivity contribution < 1.29 is 9.53 Å². The van der Waals surface area contributed by atoms with Crippen LogP contribution in [0.1, 0.15) is 128 Å². The Balaban J connectivity index is 0.000000163. The van der Waals surface area contributed by atoms with Crippen molar-refractivity contribution in [2.24, 2.45) is 11.8 Å². The molecule has 0 saturated heterocycles. The van der Waals surface area contributed by atoms with Gasteiger partial charge < -0.3 is 34.7 Å². The van der Waals surface area contributed by atoms with Crippen LogP contribution in [0.5, 0.6) is 0 Å². The maximum absolute atomic E-state index is 12.5. The summed E-state index contributed by atoms with van der Waals surface area (Å²) < 4.78 is 10.3. The second-order valence-corrected chi connectivity index (χ2v) is 20.6. The predicted molar refractivity (Wildman–Crippen MR) is 277 cm³/mol. The molecule has 8 aromatic heterocycles. The monoisotopic (exact) mass is 943 g/mol. The summed E-state index contributed by atoms with van der Waals surface area (Å²) >= 11 is 0. The van der Waals surface area contributed by atoms with Gasteiger partial charge in [0.2, 0.25) is 11.9 Å². The molecule has 2 aliphatic carbocycles. The first-order chi connectivity index (χ1) is 33.5. The fourth-order valence-corrected chi connectivity index (χ4v) is 10.8. The van der Waals surface area contributed by atoms with Crippen LogP contribution in [-0.4, -0.2) is 78.7 Å². The average Bonchev–Trinajstić information content (AvgIpc) is 3.86. The maximum atomic E-state index is 12.5. The van der Waals surface area contributed by atoms with Gasteiger partial charge in [-0.1, -0.05) is 33.4 Å². The molecule has 8 aromatic rings. The molecule has 0 spiro atoms. The summed E-state index contributed by atoms with van der Waals surface area (Å²) in [7, 11) is 0. The minimum absolute atomic E-state index is 0. The number of fused-ring (bicyclic) bond motifs is 8. The Morgan fingerprint density at radius 1 is 0.643 bits per heavy atom. The van der Waals surface area contributed by atoms with E-state index in [1.165, 1.54) is 49.5 Å². The zero-order chi connectivity index (χ0) is 47.2. The molecular formula is C54H66N14O2. The van der Waals surface area contributed by atoms with Crippen LogP contribution >= 0.6 is 0 Å². The second kappa shape index (κ2) is 19.5. The van der Waals surface area contributed by atoms with Crippen molar-refractivity contribution in [3.05, 3.63) is 96.1 Å². The van der Waals surface area contributed by atoms with Gasteiger partial charge in [0.05, 0.1) is 30.0 Å². The van der Waals surface area contributed by atoms with E-state index in [9.17, 15) is 4.79 Å². The smallest absolute Gasteiger partial charge is 0.410 e. The first kappa shape index (κ1) is 46.9. The maximum Gasteiger partial charge on any atom is 0.410 e. The molecule has 4 aliphatic rings. The number of anilines is 4. The molecule has 0 radical (unpaired) electrons.